The second-order valence-electron chi connectivity index (χ2n) is 7.26. The highest BCUT2D eigenvalue weighted by Crippen LogP contribution is 2.34. The fourth-order valence-electron chi connectivity index (χ4n) is 4.28. The first-order valence-electron chi connectivity index (χ1n) is 8.56. The van der Waals surface area contributed by atoms with Crippen LogP contribution in [0.1, 0.15) is 71.6 Å². The predicted octanol–water partition coefficient (Wildman–Crippen LogP) is 3.92. The van der Waals surface area contributed by atoms with Gasteiger partial charge in [-0.05, 0) is 50.5 Å². The number of hydrogen-bond acceptors (Lipinski definition) is 2. The van der Waals surface area contributed by atoms with E-state index < -0.39 is 5.97 Å². The summed E-state index contributed by atoms with van der Waals surface area (Å²) in [5, 5.41) is 9.53. The highest BCUT2D eigenvalue weighted by atomic mass is 16.4. The van der Waals surface area contributed by atoms with E-state index in [4.69, 9.17) is 0 Å². The smallest absolute Gasteiger partial charge is 0.320 e. The van der Waals surface area contributed by atoms with E-state index in [-0.39, 0.29) is 6.04 Å². The zero-order chi connectivity index (χ0) is 14.5. The summed E-state index contributed by atoms with van der Waals surface area (Å²) < 4.78 is 0. The lowest BCUT2D eigenvalue weighted by molar-refractivity contribution is -0.145. The third-order valence-electron chi connectivity index (χ3n) is 5.11. The Morgan fingerprint density at radius 3 is 2.65 bits per heavy atom. The maximum absolute atomic E-state index is 11.6. The minimum atomic E-state index is -0.599. The molecule has 0 aromatic rings. The normalized spacial score (nSPS) is 33.0. The number of carboxylic acid groups (broad SMARTS) is 1. The molecule has 1 aliphatic heterocycles. The SMILES string of the molecule is CC(C)CC1CCCC(N2CCCCCC2C(=O)O)C1. The number of nitrogens with zero attached hydrogens (tertiary/aromatic N) is 1. The molecular weight excluding hydrogens is 250 g/mol. The van der Waals surface area contributed by atoms with Gasteiger partial charge in [-0.25, -0.2) is 0 Å². The van der Waals surface area contributed by atoms with Crippen molar-refractivity contribution in [2.45, 2.75) is 83.7 Å². The van der Waals surface area contributed by atoms with E-state index in [1.165, 1.54) is 44.9 Å². The van der Waals surface area contributed by atoms with E-state index in [0.717, 1.165) is 31.2 Å². The molecular formula is C17H31NO2. The number of aliphatic carboxylic acids is 1. The van der Waals surface area contributed by atoms with Gasteiger partial charge in [0.05, 0.1) is 0 Å². The van der Waals surface area contributed by atoms with Crippen LogP contribution in [0.4, 0.5) is 0 Å². The Hall–Kier alpha value is -0.570. The maximum Gasteiger partial charge on any atom is 0.320 e. The molecule has 3 atom stereocenters. The van der Waals surface area contributed by atoms with Crippen LogP contribution in [0.15, 0.2) is 0 Å². The van der Waals surface area contributed by atoms with Crippen molar-refractivity contribution >= 4 is 5.97 Å². The van der Waals surface area contributed by atoms with Gasteiger partial charge in [0.25, 0.3) is 0 Å². The average molecular weight is 281 g/mol. The summed E-state index contributed by atoms with van der Waals surface area (Å²) in [7, 11) is 0. The first-order chi connectivity index (χ1) is 9.58. The van der Waals surface area contributed by atoms with Gasteiger partial charge in [-0.1, -0.05) is 39.5 Å². The van der Waals surface area contributed by atoms with Crippen LogP contribution in [0.3, 0.4) is 0 Å². The standard InChI is InChI=1S/C17H31NO2/c1-13(2)11-14-7-6-8-15(12-14)18-10-5-3-4-9-16(18)17(19)20/h13-16H,3-12H2,1-2H3,(H,19,20). The number of hydrogen-bond donors (Lipinski definition) is 1. The highest BCUT2D eigenvalue weighted by molar-refractivity contribution is 5.73. The Labute approximate surface area is 123 Å². The fourth-order valence-corrected chi connectivity index (χ4v) is 4.28. The topological polar surface area (TPSA) is 40.5 Å². The summed E-state index contributed by atoms with van der Waals surface area (Å²) >= 11 is 0. The van der Waals surface area contributed by atoms with E-state index >= 15 is 0 Å². The molecule has 3 unspecified atom stereocenters. The second kappa shape index (κ2) is 7.44. The molecule has 3 nitrogen and oxygen atoms in total. The molecule has 2 aliphatic rings. The van der Waals surface area contributed by atoms with Crippen LogP contribution in [-0.4, -0.2) is 34.6 Å². The molecule has 1 aliphatic carbocycles. The fraction of sp³-hybridized carbons (Fsp3) is 0.941. The zero-order valence-electron chi connectivity index (χ0n) is 13.2. The minimum absolute atomic E-state index is 0.222. The summed E-state index contributed by atoms with van der Waals surface area (Å²) in [6.45, 7) is 5.60. The number of rotatable bonds is 4. The molecule has 20 heavy (non-hydrogen) atoms. The Morgan fingerprint density at radius 1 is 1.15 bits per heavy atom. The van der Waals surface area contributed by atoms with Gasteiger partial charge in [-0.15, -0.1) is 0 Å². The Kier molecular flexibility index (Phi) is 5.88. The molecule has 0 aromatic heterocycles. The first kappa shape index (κ1) is 15.8. The van der Waals surface area contributed by atoms with Crippen LogP contribution in [0.2, 0.25) is 0 Å². The Balaban J connectivity index is 2.00. The van der Waals surface area contributed by atoms with Crippen LogP contribution in [0.5, 0.6) is 0 Å². The largest absolute Gasteiger partial charge is 0.480 e. The lowest BCUT2D eigenvalue weighted by Gasteiger charge is -2.40. The maximum atomic E-state index is 11.6. The molecule has 2 rings (SSSR count). The van der Waals surface area contributed by atoms with Crippen molar-refractivity contribution in [1.29, 1.82) is 0 Å². The van der Waals surface area contributed by atoms with Gasteiger partial charge in [-0.3, -0.25) is 9.69 Å². The molecule has 1 saturated heterocycles. The molecule has 0 radical (unpaired) electrons. The Bertz CT molecular complexity index is 316. The van der Waals surface area contributed by atoms with Crippen LogP contribution in [0, 0.1) is 11.8 Å². The van der Waals surface area contributed by atoms with Crippen molar-refractivity contribution in [2.75, 3.05) is 6.54 Å². The van der Waals surface area contributed by atoms with Crippen molar-refractivity contribution in [1.82, 2.24) is 4.90 Å². The lowest BCUT2D eigenvalue weighted by Crippen LogP contribution is -2.48. The summed E-state index contributed by atoms with van der Waals surface area (Å²) in [6, 6.07) is 0.298. The van der Waals surface area contributed by atoms with Crippen molar-refractivity contribution < 1.29 is 9.90 Å². The molecule has 0 spiro atoms. The summed E-state index contributed by atoms with van der Waals surface area (Å²) in [6.07, 6.45) is 10.7. The number of carbonyl (C=O) groups is 1. The third kappa shape index (κ3) is 4.21. The predicted molar refractivity (Wildman–Crippen MR) is 81.8 cm³/mol. The summed E-state index contributed by atoms with van der Waals surface area (Å²) in [5.41, 5.74) is 0. The number of carboxylic acids is 1. The zero-order valence-corrected chi connectivity index (χ0v) is 13.2. The molecule has 1 heterocycles. The average Bonchev–Trinajstić information content (AvgIpc) is 2.63. The first-order valence-corrected chi connectivity index (χ1v) is 8.56. The van der Waals surface area contributed by atoms with Crippen LogP contribution in [0.25, 0.3) is 0 Å². The summed E-state index contributed by atoms with van der Waals surface area (Å²) in [5.74, 6) is 0.975. The highest BCUT2D eigenvalue weighted by Gasteiger charge is 2.34. The lowest BCUT2D eigenvalue weighted by atomic mass is 9.80. The van der Waals surface area contributed by atoms with Gasteiger partial charge in [0, 0.05) is 6.04 Å². The van der Waals surface area contributed by atoms with Gasteiger partial charge in [0.2, 0.25) is 0 Å². The minimum Gasteiger partial charge on any atom is -0.480 e. The van der Waals surface area contributed by atoms with E-state index in [2.05, 4.69) is 18.7 Å². The molecule has 1 saturated carbocycles. The second-order valence-corrected chi connectivity index (χ2v) is 7.26. The van der Waals surface area contributed by atoms with Gasteiger partial charge in [-0.2, -0.15) is 0 Å². The van der Waals surface area contributed by atoms with E-state index in [1.54, 1.807) is 0 Å². The quantitative estimate of drug-likeness (QED) is 0.849. The van der Waals surface area contributed by atoms with Gasteiger partial charge < -0.3 is 5.11 Å². The third-order valence-corrected chi connectivity index (χ3v) is 5.11. The van der Waals surface area contributed by atoms with Gasteiger partial charge >= 0.3 is 5.97 Å². The molecule has 0 bridgehead atoms. The van der Waals surface area contributed by atoms with Crippen LogP contribution < -0.4 is 0 Å². The Morgan fingerprint density at radius 2 is 1.95 bits per heavy atom. The van der Waals surface area contributed by atoms with Crippen molar-refractivity contribution in [3.63, 3.8) is 0 Å². The number of likely N-dealkylation sites (tertiary alicyclic amines) is 1. The summed E-state index contributed by atoms with van der Waals surface area (Å²) in [4.78, 5) is 13.9. The van der Waals surface area contributed by atoms with Gasteiger partial charge in [0.1, 0.15) is 6.04 Å². The molecule has 3 heteroatoms. The van der Waals surface area contributed by atoms with Crippen molar-refractivity contribution in [3.8, 4) is 0 Å². The van der Waals surface area contributed by atoms with Gasteiger partial charge in [0.15, 0.2) is 0 Å². The molecule has 0 amide bonds. The molecule has 0 aromatic carbocycles. The van der Waals surface area contributed by atoms with E-state index in [0.29, 0.717) is 6.04 Å². The molecule has 1 N–H and O–H groups in total. The molecule has 116 valence electrons. The monoisotopic (exact) mass is 281 g/mol. The van der Waals surface area contributed by atoms with Crippen LogP contribution in [-0.2, 0) is 4.79 Å². The van der Waals surface area contributed by atoms with Crippen molar-refractivity contribution in [3.05, 3.63) is 0 Å². The van der Waals surface area contributed by atoms with Crippen LogP contribution >= 0.6 is 0 Å². The van der Waals surface area contributed by atoms with Crippen molar-refractivity contribution in [2.24, 2.45) is 11.8 Å². The van der Waals surface area contributed by atoms with E-state index in [9.17, 15) is 9.90 Å². The molecule has 2 fully saturated rings. The van der Waals surface area contributed by atoms with E-state index in [1.807, 2.05) is 0 Å².